The quantitative estimate of drug-likeness (QED) is 0.556. The van der Waals surface area contributed by atoms with Crippen LogP contribution in [0.1, 0.15) is 23.2 Å². The highest BCUT2D eigenvalue weighted by Crippen LogP contribution is 2.24. The zero-order valence-corrected chi connectivity index (χ0v) is 17.1. The lowest BCUT2D eigenvalue weighted by molar-refractivity contribution is 0.0684. The predicted octanol–water partition coefficient (Wildman–Crippen LogP) is 3.34. The van der Waals surface area contributed by atoms with Crippen molar-refractivity contribution in [2.45, 2.75) is 19.4 Å². The number of pyridine rings is 1. The summed E-state index contributed by atoms with van der Waals surface area (Å²) >= 11 is 0. The number of hydrogen-bond acceptors (Lipinski definition) is 4. The van der Waals surface area contributed by atoms with Crippen molar-refractivity contribution in [2.24, 2.45) is 5.92 Å². The second-order valence-corrected chi connectivity index (χ2v) is 7.98. The molecular weight excluding hydrogens is 390 g/mol. The van der Waals surface area contributed by atoms with E-state index in [0.29, 0.717) is 31.2 Å². The van der Waals surface area contributed by atoms with E-state index in [4.69, 9.17) is 0 Å². The minimum absolute atomic E-state index is 0.0564. The van der Waals surface area contributed by atoms with Crippen LogP contribution in [0.2, 0.25) is 0 Å². The summed E-state index contributed by atoms with van der Waals surface area (Å²) < 4.78 is 1.67. The van der Waals surface area contributed by atoms with Crippen LogP contribution < -0.4 is 5.56 Å². The van der Waals surface area contributed by atoms with E-state index in [1.54, 1.807) is 35.6 Å². The highest BCUT2D eigenvalue weighted by atomic mass is 16.2. The van der Waals surface area contributed by atoms with Gasteiger partial charge in [-0.1, -0.05) is 18.2 Å². The first-order valence-electron chi connectivity index (χ1n) is 10.5. The Morgan fingerprint density at radius 3 is 2.65 bits per heavy atom. The van der Waals surface area contributed by atoms with Crippen LogP contribution in [0.4, 0.5) is 0 Å². The molecule has 4 aromatic rings. The van der Waals surface area contributed by atoms with E-state index in [1.165, 1.54) is 0 Å². The van der Waals surface area contributed by atoms with Crippen LogP contribution in [-0.2, 0) is 6.54 Å². The molecule has 1 amide bonds. The average Bonchev–Trinajstić information content (AvgIpc) is 3.25. The number of piperidine rings is 1. The van der Waals surface area contributed by atoms with E-state index in [2.05, 4.69) is 15.0 Å². The van der Waals surface area contributed by atoms with Crippen molar-refractivity contribution >= 4 is 16.8 Å². The van der Waals surface area contributed by atoms with Crippen LogP contribution in [-0.4, -0.2) is 43.4 Å². The third-order valence-corrected chi connectivity index (χ3v) is 6.03. The SMILES string of the molecule is O=C(c1c[nH]c2ccccc12)N1CCC(Cn2cnc(-c3ccncc3)cc2=O)CC1. The Morgan fingerprint density at radius 1 is 1.10 bits per heavy atom. The largest absolute Gasteiger partial charge is 0.360 e. The lowest BCUT2D eigenvalue weighted by atomic mass is 9.96. The van der Waals surface area contributed by atoms with Crippen LogP contribution in [0.3, 0.4) is 0 Å². The minimum Gasteiger partial charge on any atom is -0.360 e. The van der Waals surface area contributed by atoms with Crippen LogP contribution in [0.15, 0.2) is 72.2 Å². The second-order valence-electron chi connectivity index (χ2n) is 7.98. The highest BCUT2D eigenvalue weighted by molar-refractivity contribution is 6.06. The van der Waals surface area contributed by atoms with Gasteiger partial charge in [0.05, 0.1) is 17.6 Å². The summed E-state index contributed by atoms with van der Waals surface area (Å²) in [6.07, 6.45) is 8.54. The summed E-state index contributed by atoms with van der Waals surface area (Å²) in [4.78, 5) is 39.1. The number of H-pyrrole nitrogens is 1. The molecular formula is C24H23N5O2. The molecule has 0 saturated carbocycles. The van der Waals surface area contributed by atoms with E-state index in [1.807, 2.05) is 41.3 Å². The highest BCUT2D eigenvalue weighted by Gasteiger charge is 2.25. The van der Waals surface area contributed by atoms with Crippen molar-refractivity contribution in [1.29, 1.82) is 0 Å². The Balaban J connectivity index is 1.23. The molecule has 1 fully saturated rings. The maximum atomic E-state index is 13.0. The molecule has 5 rings (SSSR count). The number of amides is 1. The van der Waals surface area contributed by atoms with Crippen molar-refractivity contribution < 1.29 is 4.79 Å². The number of nitrogens with one attached hydrogen (secondary N) is 1. The second kappa shape index (κ2) is 8.18. The molecule has 0 radical (unpaired) electrons. The van der Waals surface area contributed by atoms with Crippen LogP contribution in [0.25, 0.3) is 22.2 Å². The summed E-state index contributed by atoms with van der Waals surface area (Å²) in [5.41, 5.74) is 3.18. The summed E-state index contributed by atoms with van der Waals surface area (Å²) in [6, 6.07) is 13.1. The standard InChI is InChI=1S/C24H23N5O2/c30-23-13-22(18-5-9-25-10-6-18)27-16-29(23)15-17-7-11-28(12-8-17)24(31)20-14-26-21-4-2-1-3-19(20)21/h1-6,9-10,13-14,16-17,26H,7-8,11-12,15H2. The molecule has 156 valence electrons. The van der Waals surface area contributed by atoms with E-state index < -0.39 is 0 Å². The summed E-state index contributed by atoms with van der Waals surface area (Å²) in [7, 11) is 0. The predicted molar refractivity (Wildman–Crippen MR) is 119 cm³/mol. The van der Waals surface area contributed by atoms with Crippen molar-refractivity contribution in [3.8, 4) is 11.3 Å². The Bertz CT molecular complexity index is 1270. The summed E-state index contributed by atoms with van der Waals surface area (Å²) in [6.45, 7) is 2.01. The van der Waals surface area contributed by atoms with Gasteiger partial charge in [-0.2, -0.15) is 0 Å². The molecule has 31 heavy (non-hydrogen) atoms. The molecule has 1 aliphatic rings. The van der Waals surface area contributed by atoms with Gasteiger partial charge < -0.3 is 9.88 Å². The zero-order chi connectivity index (χ0) is 21.2. The Kier molecular flexibility index (Phi) is 5.08. The molecule has 4 heterocycles. The number of aromatic amines is 1. The normalized spacial score (nSPS) is 14.8. The van der Waals surface area contributed by atoms with E-state index in [-0.39, 0.29) is 11.5 Å². The van der Waals surface area contributed by atoms with E-state index in [0.717, 1.165) is 34.9 Å². The third kappa shape index (κ3) is 3.86. The van der Waals surface area contributed by atoms with Gasteiger partial charge in [-0.05, 0) is 37.0 Å². The first-order valence-corrected chi connectivity index (χ1v) is 10.5. The minimum atomic E-state index is -0.0564. The molecule has 0 spiro atoms. The number of para-hydroxylation sites is 1. The molecule has 1 aliphatic heterocycles. The zero-order valence-electron chi connectivity index (χ0n) is 17.1. The number of rotatable bonds is 4. The van der Waals surface area contributed by atoms with Crippen molar-refractivity contribution in [1.82, 2.24) is 24.4 Å². The van der Waals surface area contributed by atoms with E-state index >= 15 is 0 Å². The first kappa shape index (κ1) is 19.2. The van der Waals surface area contributed by atoms with Gasteiger partial charge in [-0.3, -0.25) is 19.1 Å². The Hall–Kier alpha value is -3.74. The molecule has 0 atom stereocenters. The van der Waals surface area contributed by atoms with Crippen molar-refractivity contribution in [3.63, 3.8) is 0 Å². The molecule has 1 saturated heterocycles. The smallest absolute Gasteiger partial charge is 0.256 e. The van der Waals surface area contributed by atoms with Gasteiger partial charge in [0, 0.05) is 60.8 Å². The fourth-order valence-corrected chi connectivity index (χ4v) is 4.26. The number of likely N-dealkylation sites (tertiary alicyclic amines) is 1. The van der Waals surface area contributed by atoms with Crippen LogP contribution >= 0.6 is 0 Å². The average molecular weight is 413 g/mol. The summed E-state index contributed by atoms with van der Waals surface area (Å²) in [5, 5.41) is 0.960. The number of carbonyl (C=O) groups is 1. The van der Waals surface area contributed by atoms with Gasteiger partial charge in [-0.15, -0.1) is 0 Å². The molecule has 1 N–H and O–H groups in total. The molecule has 0 bridgehead atoms. The lowest BCUT2D eigenvalue weighted by Gasteiger charge is -2.32. The van der Waals surface area contributed by atoms with Crippen molar-refractivity contribution in [3.05, 3.63) is 83.3 Å². The van der Waals surface area contributed by atoms with Crippen LogP contribution in [0.5, 0.6) is 0 Å². The van der Waals surface area contributed by atoms with Gasteiger partial charge in [-0.25, -0.2) is 4.98 Å². The van der Waals surface area contributed by atoms with Gasteiger partial charge in [0.25, 0.3) is 11.5 Å². The molecule has 0 aliphatic carbocycles. The lowest BCUT2D eigenvalue weighted by Crippen LogP contribution is -2.40. The number of fused-ring (bicyclic) bond motifs is 1. The van der Waals surface area contributed by atoms with Gasteiger partial charge >= 0.3 is 0 Å². The topological polar surface area (TPSA) is 83.9 Å². The number of aromatic nitrogens is 4. The fourth-order valence-electron chi connectivity index (χ4n) is 4.26. The summed E-state index contributed by atoms with van der Waals surface area (Å²) in [5.74, 6) is 0.412. The molecule has 7 nitrogen and oxygen atoms in total. The number of nitrogens with zero attached hydrogens (tertiary/aromatic N) is 4. The Labute approximate surface area is 179 Å². The monoisotopic (exact) mass is 413 g/mol. The first-order chi connectivity index (χ1) is 15.2. The Morgan fingerprint density at radius 2 is 1.87 bits per heavy atom. The molecule has 7 heteroatoms. The van der Waals surface area contributed by atoms with Gasteiger partial charge in [0.15, 0.2) is 0 Å². The third-order valence-electron chi connectivity index (χ3n) is 6.03. The fraction of sp³-hybridized carbons (Fsp3) is 0.250. The molecule has 1 aromatic carbocycles. The molecule has 0 unspecified atom stereocenters. The van der Waals surface area contributed by atoms with Crippen LogP contribution in [0, 0.1) is 5.92 Å². The van der Waals surface area contributed by atoms with E-state index in [9.17, 15) is 9.59 Å². The maximum absolute atomic E-state index is 13.0. The maximum Gasteiger partial charge on any atom is 0.256 e. The van der Waals surface area contributed by atoms with Gasteiger partial charge in [0.1, 0.15) is 0 Å². The number of benzene rings is 1. The number of hydrogen-bond donors (Lipinski definition) is 1. The van der Waals surface area contributed by atoms with Gasteiger partial charge in [0.2, 0.25) is 0 Å². The molecule has 3 aromatic heterocycles. The van der Waals surface area contributed by atoms with Crippen molar-refractivity contribution in [2.75, 3.05) is 13.1 Å². The number of carbonyl (C=O) groups excluding carboxylic acids is 1.